The van der Waals surface area contributed by atoms with Crippen molar-refractivity contribution in [3.8, 4) is 5.75 Å². The maximum Gasteiger partial charge on any atom is 0.260 e. The van der Waals surface area contributed by atoms with Crippen LogP contribution in [0.25, 0.3) is 0 Å². The third-order valence-corrected chi connectivity index (χ3v) is 4.11. The second-order valence-electron chi connectivity index (χ2n) is 6.29. The van der Waals surface area contributed by atoms with Crippen LogP contribution in [-0.4, -0.2) is 41.2 Å². The van der Waals surface area contributed by atoms with Crippen molar-refractivity contribution < 1.29 is 14.6 Å². The maximum atomic E-state index is 12.3. The van der Waals surface area contributed by atoms with E-state index in [1.165, 1.54) is 0 Å². The Morgan fingerprint density at radius 1 is 1.33 bits per heavy atom. The Kier molecular flexibility index (Phi) is 4.88. The molecule has 1 saturated heterocycles. The molecule has 1 atom stereocenters. The Hall–Kier alpha value is -1.55. The van der Waals surface area contributed by atoms with E-state index in [1.807, 2.05) is 39.0 Å². The van der Waals surface area contributed by atoms with E-state index in [4.69, 9.17) is 4.74 Å². The molecule has 0 aromatic heterocycles. The van der Waals surface area contributed by atoms with Gasteiger partial charge in [-0.2, -0.15) is 0 Å². The summed E-state index contributed by atoms with van der Waals surface area (Å²) in [6, 6.07) is 5.98. The molecule has 0 aliphatic carbocycles. The first-order chi connectivity index (χ1) is 9.87. The molecule has 0 bridgehead atoms. The molecule has 1 aliphatic heterocycles. The average Bonchev–Trinajstić information content (AvgIpc) is 2.60. The van der Waals surface area contributed by atoms with Crippen LogP contribution in [0.5, 0.6) is 5.75 Å². The van der Waals surface area contributed by atoms with E-state index in [-0.39, 0.29) is 12.5 Å². The minimum Gasteiger partial charge on any atom is -0.483 e. The number of nitrogens with zero attached hydrogens (tertiary/aromatic N) is 1. The number of aliphatic hydroxyl groups is 1. The topological polar surface area (TPSA) is 49.8 Å². The molecule has 1 amide bonds. The highest BCUT2D eigenvalue weighted by Crippen LogP contribution is 2.22. The molecular formula is C17H25NO3. The number of hydrogen-bond acceptors (Lipinski definition) is 3. The number of hydrogen-bond donors (Lipinski definition) is 1. The molecule has 0 saturated carbocycles. The summed E-state index contributed by atoms with van der Waals surface area (Å²) in [5, 5.41) is 10.1. The van der Waals surface area contributed by atoms with E-state index in [0.717, 1.165) is 29.7 Å². The van der Waals surface area contributed by atoms with Gasteiger partial charge in [-0.25, -0.2) is 0 Å². The first-order valence-electron chi connectivity index (χ1n) is 7.58. The smallest absolute Gasteiger partial charge is 0.260 e. The van der Waals surface area contributed by atoms with Gasteiger partial charge in [0.05, 0.1) is 5.60 Å². The number of likely N-dealkylation sites (tertiary alicyclic amines) is 1. The van der Waals surface area contributed by atoms with E-state index >= 15 is 0 Å². The van der Waals surface area contributed by atoms with Crippen molar-refractivity contribution in [3.63, 3.8) is 0 Å². The predicted molar refractivity (Wildman–Crippen MR) is 82.5 cm³/mol. The van der Waals surface area contributed by atoms with Crippen LogP contribution in [0.3, 0.4) is 0 Å². The number of aryl methyl sites for hydroxylation is 2. The second-order valence-corrected chi connectivity index (χ2v) is 6.29. The van der Waals surface area contributed by atoms with Crippen molar-refractivity contribution in [2.24, 2.45) is 0 Å². The van der Waals surface area contributed by atoms with Crippen LogP contribution in [-0.2, 0) is 4.79 Å². The molecule has 0 spiro atoms. The van der Waals surface area contributed by atoms with Gasteiger partial charge < -0.3 is 14.7 Å². The lowest BCUT2D eigenvalue weighted by Gasteiger charge is -2.22. The summed E-state index contributed by atoms with van der Waals surface area (Å²) in [7, 11) is 0. The molecule has 4 nitrogen and oxygen atoms in total. The minimum atomic E-state index is -0.650. The first-order valence-corrected chi connectivity index (χ1v) is 7.58. The van der Waals surface area contributed by atoms with Gasteiger partial charge in [-0.15, -0.1) is 0 Å². The van der Waals surface area contributed by atoms with Crippen molar-refractivity contribution in [2.75, 3.05) is 19.7 Å². The van der Waals surface area contributed by atoms with Crippen LogP contribution < -0.4 is 4.74 Å². The summed E-state index contributed by atoms with van der Waals surface area (Å²) in [6.45, 7) is 7.18. The fourth-order valence-electron chi connectivity index (χ4n) is 2.61. The summed E-state index contributed by atoms with van der Waals surface area (Å²) in [4.78, 5) is 14.0. The Balaban J connectivity index is 1.91. The molecule has 0 radical (unpaired) electrons. The van der Waals surface area contributed by atoms with E-state index in [0.29, 0.717) is 19.5 Å². The Morgan fingerprint density at radius 3 is 2.86 bits per heavy atom. The number of carbonyl (C=O) groups is 1. The molecular weight excluding hydrogens is 266 g/mol. The van der Waals surface area contributed by atoms with Crippen LogP contribution in [0.2, 0.25) is 0 Å². The van der Waals surface area contributed by atoms with Crippen molar-refractivity contribution in [1.82, 2.24) is 4.90 Å². The number of benzene rings is 1. The molecule has 1 heterocycles. The van der Waals surface area contributed by atoms with Gasteiger partial charge in [-0.3, -0.25) is 4.79 Å². The van der Waals surface area contributed by atoms with E-state index in [1.54, 1.807) is 4.90 Å². The van der Waals surface area contributed by atoms with Gasteiger partial charge in [0.1, 0.15) is 5.75 Å². The first kappa shape index (κ1) is 15.8. The van der Waals surface area contributed by atoms with Crippen molar-refractivity contribution in [2.45, 2.75) is 45.6 Å². The van der Waals surface area contributed by atoms with Crippen LogP contribution in [0.4, 0.5) is 0 Å². The van der Waals surface area contributed by atoms with Crippen LogP contribution in [0.15, 0.2) is 18.2 Å². The highest BCUT2D eigenvalue weighted by atomic mass is 16.5. The van der Waals surface area contributed by atoms with Gasteiger partial charge in [0, 0.05) is 13.1 Å². The third kappa shape index (κ3) is 4.46. The number of ether oxygens (including phenoxy) is 1. The lowest BCUT2D eigenvalue weighted by Crippen LogP contribution is -2.36. The SMILES string of the molecule is Cc1ccc(C)c(OCC(=O)N2CCCC(C)(O)CC2)c1. The Labute approximate surface area is 126 Å². The Morgan fingerprint density at radius 2 is 2.10 bits per heavy atom. The normalized spacial score (nSPS) is 22.8. The quantitative estimate of drug-likeness (QED) is 0.930. The summed E-state index contributed by atoms with van der Waals surface area (Å²) in [5.74, 6) is 0.763. The number of rotatable bonds is 3. The molecule has 1 aromatic rings. The fraction of sp³-hybridized carbons (Fsp3) is 0.588. The van der Waals surface area contributed by atoms with Crippen LogP contribution >= 0.6 is 0 Å². The zero-order chi connectivity index (χ0) is 15.5. The summed E-state index contributed by atoms with van der Waals surface area (Å²) >= 11 is 0. The zero-order valence-corrected chi connectivity index (χ0v) is 13.2. The number of carbonyl (C=O) groups excluding carboxylic acids is 1. The summed E-state index contributed by atoms with van der Waals surface area (Å²) < 4.78 is 5.67. The lowest BCUT2D eigenvalue weighted by atomic mass is 9.98. The molecule has 1 unspecified atom stereocenters. The molecule has 1 N–H and O–H groups in total. The van der Waals surface area contributed by atoms with Gasteiger partial charge in [0.15, 0.2) is 6.61 Å². The highest BCUT2D eigenvalue weighted by Gasteiger charge is 2.27. The van der Waals surface area contributed by atoms with Gasteiger partial charge in [0.2, 0.25) is 0 Å². The molecule has 21 heavy (non-hydrogen) atoms. The number of amides is 1. The highest BCUT2D eigenvalue weighted by molar-refractivity contribution is 5.77. The van der Waals surface area contributed by atoms with E-state index in [2.05, 4.69) is 0 Å². The summed E-state index contributed by atoms with van der Waals surface area (Å²) in [5.41, 5.74) is 1.50. The zero-order valence-electron chi connectivity index (χ0n) is 13.2. The summed E-state index contributed by atoms with van der Waals surface area (Å²) in [6.07, 6.45) is 2.21. The third-order valence-electron chi connectivity index (χ3n) is 4.11. The largest absolute Gasteiger partial charge is 0.483 e. The van der Waals surface area contributed by atoms with Gasteiger partial charge >= 0.3 is 0 Å². The van der Waals surface area contributed by atoms with Crippen molar-refractivity contribution in [3.05, 3.63) is 29.3 Å². The van der Waals surface area contributed by atoms with Crippen molar-refractivity contribution in [1.29, 1.82) is 0 Å². The van der Waals surface area contributed by atoms with Gasteiger partial charge in [0.25, 0.3) is 5.91 Å². The molecule has 116 valence electrons. The van der Waals surface area contributed by atoms with E-state index < -0.39 is 5.60 Å². The molecule has 1 aliphatic rings. The minimum absolute atomic E-state index is 0.00592. The maximum absolute atomic E-state index is 12.3. The van der Waals surface area contributed by atoms with Crippen LogP contribution in [0.1, 0.15) is 37.3 Å². The fourth-order valence-corrected chi connectivity index (χ4v) is 2.61. The lowest BCUT2D eigenvalue weighted by molar-refractivity contribution is -0.133. The predicted octanol–water partition coefficient (Wildman–Crippen LogP) is 2.45. The molecule has 1 aromatic carbocycles. The van der Waals surface area contributed by atoms with Crippen LogP contribution in [0, 0.1) is 13.8 Å². The second kappa shape index (κ2) is 6.48. The molecule has 4 heteroatoms. The van der Waals surface area contributed by atoms with Crippen molar-refractivity contribution >= 4 is 5.91 Å². The van der Waals surface area contributed by atoms with Gasteiger partial charge in [-0.1, -0.05) is 12.1 Å². The monoisotopic (exact) mass is 291 g/mol. The van der Waals surface area contributed by atoms with Gasteiger partial charge in [-0.05, 0) is 57.2 Å². The molecule has 2 rings (SSSR count). The standard InChI is InChI=1S/C17H25NO3/c1-13-5-6-14(2)15(11-13)21-12-16(19)18-9-4-7-17(3,20)8-10-18/h5-6,11,20H,4,7-10,12H2,1-3H3. The average molecular weight is 291 g/mol. The Bertz CT molecular complexity index is 511. The van der Waals surface area contributed by atoms with E-state index in [9.17, 15) is 9.90 Å². The molecule has 1 fully saturated rings.